The number of benzene rings is 2. The lowest BCUT2D eigenvalue weighted by Gasteiger charge is -2.08. The SMILES string of the molecule is Cc1ccc(N/C(=C/C(=O)c2ccccc2)C(=O)O)cc1Br. The molecule has 2 aromatic carbocycles. The zero-order valence-corrected chi connectivity index (χ0v) is 13.4. The highest BCUT2D eigenvalue weighted by atomic mass is 79.9. The number of allylic oxidation sites excluding steroid dienone is 1. The van der Waals surface area contributed by atoms with Gasteiger partial charge in [-0.15, -0.1) is 0 Å². The van der Waals surface area contributed by atoms with Crippen LogP contribution in [0.5, 0.6) is 0 Å². The second kappa shape index (κ2) is 7.04. The standard InChI is InChI=1S/C17H14BrNO3/c1-11-7-8-13(9-14(11)18)19-15(17(21)22)10-16(20)12-5-3-2-4-6-12/h2-10,19H,1H3,(H,21,22)/b15-10+. The van der Waals surface area contributed by atoms with Gasteiger partial charge >= 0.3 is 5.97 Å². The number of aryl methyl sites for hydroxylation is 1. The summed E-state index contributed by atoms with van der Waals surface area (Å²) in [4.78, 5) is 23.4. The van der Waals surface area contributed by atoms with Crippen LogP contribution >= 0.6 is 15.9 Å². The van der Waals surface area contributed by atoms with Crippen LogP contribution in [0.3, 0.4) is 0 Å². The van der Waals surface area contributed by atoms with E-state index in [0.717, 1.165) is 16.1 Å². The van der Waals surface area contributed by atoms with Crippen molar-refractivity contribution in [2.75, 3.05) is 5.32 Å². The molecule has 0 atom stereocenters. The van der Waals surface area contributed by atoms with Crippen molar-refractivity contribution in [1.29, 1.82) is 0 Å². The average Bonchev–Trinajstić information content (AvgIpc) is 2.51. The smallest absolute Gasteiger partial charge is 0.352 e. The first-order valence-electron chi connectivity index (χ1n) is 6.55. The Kier molecular flexibility index (Phi) is 5.12. The molecule has 112 valence electrons. The van der Waals surface area contributed by atoms with Crippen LogP contribution in [-0.2, 0) is 4.79 Å². The van der Waals surface area contributed by atoms with Gasteiger partial charge < -0.3 is 10.4 Å². The maximum Gasteiger partial charge on any atom is 0.352 e. The van der Waals surface area contributed by atoms with Crippen molar-refractivity contribution in [3.05, 3.63) is 75.9 Å². The first kappa shape index (κ1) is 16.0. The summed E-state index contributed by atoms with van der Waals surface area (Å²) >= 11 is 3.39. The fourth-order valence-electron chi connectivity index (χ4n) is 1.79. The van der Waals surface area contributed by atoms with Crippen molar-refractivity contribution in [2.24, 2.45) is 0 Å². The van der Waals surface area contributed by atoms with Gasteiger partial charge in [-0.2, -0.15) is 0 Å². The second-order valence-electron chi connectivity index (χ2n) is 4.68. The van der Waals surface area contributed by atoms with Crippen LogP contribution in [-0.4, -0.2) is 16.9 Å². The molecule has 0 heterocycles. The van der Waals surface area contributed by atoms with Crippen molar-refractivity contribution in [1.82, 2.24) is 0 Å². The molecule has 0 bridgehead atoms. The molecule has 0 aliphatic rings. The van der Waals surface area contributed by atoms with E-state index in [4.69, 9.17) is 0 Å². The van der Waals surface area contributed by atoms with E-state index < -0.39 is 5.97 Å². The predicted octanol–water partition coefficient (Wildman–Crippen LogP) is 4.02. The summed E-state index contributed by atoms with van der Waals surface area (Å²) < 4.78 is 0.858. The van der Waals surface area contributed by atoms with Gasteiger partial charge in [-0.1, -0.05) is 52.3 Å². The molecule has 0 saturated carbocycles. The molecule has 0 spiro atoms. The molecule has 0 aromatic heterocycles. The maximum atomic E-state index is 12.1. The van der Waals surface area contributed by atoms with Crippen molar-refractivity contribution in [2.45, 2.75) is 6.92 Å². The third kappa shape index (κ3) is 4.05. The molecular weight excluding hydrogens is 346 g/mol. The quantitative estimate of drug-likeness (QED) is 0.624. The Labute approximate surface area is 136 Å². The molecule has 0 aliphatic heterocycles. The molecule has 0 fully saturated rings. The zero-order valence-electron chi connectivity index (χ0n) is 11.8. The van der Waals surface area contributed by atoms with E-state index in [1.165, 1.54) is 0 Å². The molecule has 4 nitrogen and oxygen atoms in total. The highest BCUT2D eigenvalue weighted by Gasteiger charge is 2.12. The molecule has 0 unspecified atom stereocenters. The zero-order chi connectivity index (χ0) is 16.1. The Morgan fingerprint density at radius 2 is 1.82 bits per heavy atom. The third-order valence-corrected chi connectivity index (χ3v) is 3.87. The molecule has 0 aliphatic carbocycles. The second-order valence-corrected chi connectivity index (χ2v) is 5.54. The number of aliphatic carboxylic acids is 1. The van der Waals surface area contributed by atoms with Crippen molar-refractivity contribution < 1.29 is 14.7 Å². The monoisotopic (exact) mass is 359 g/mol. The maximum absolute atomic E-state index is 12.1. The van der Waals surface area contributed by atoms with E-state index in [0.29, 0.717) is 11.3 Å². The van der Waals surface area contributed by atoms with Crippen LogP contribution in [0.4, 0.5) is 5.69 Å². The number of carboxylic acids is 1. The average molecular weight is 360 g/mol. The third-order valence-electron chi connectivity index (χ3n) is 3.01. The van der Waals surface area contributed by atoms with E-state index in [1.54, 1.807) is 42.5 Å². The molecule has 2 N–H and O–H groups in total. The lowest BCUT2D eigenvalue weighted by molar-refractivity contribution is -0.132. The van der Waals surface area contributed by atoms with Crippen molar-refractivity contribution >= 4 is 33.4 Å². The highest BCUT2D eigenvalue weighted by Crippen LogP contribution is 2.21. The van der Waals surface area contributed by atoms with Gasteiger partial charge in [0.25, 0.3) is 0 Å². The first-order valence-corrected chi connectivity index (χ1v) is 7.34. The van der Waals surface area contributed by atoms with Crippen LogP contribution in [0.1, 0.15) is 15.9 Å². The fourth-order valence-corrected chi connectivity index (χ4v) is 2.17. The number of hydrogen-bond donors (Lipinski definition) is 2. The minimum absolute atomic E-state index is 0.176. The minimum atomic E-state index is -1.19. The van der Waals surface area contributed by atoms with Crippen molar-refractivity contribution in [3.8, 4) is 0 Å². The summed E-state index contributed by atoms with van der Waals surface area (Å²) in [5.41, 5.74) is 1.89. The molecule has 2 rings (SSSR count). The van der Waals surface area contributed by atoms with Crippen molar-refractivity contribution in [3.63, 3.8) is 0 Å². The minimum Gasteiger partial charge on any atom is -0.477 e. The van der Waals surface area contributed by atoms with Gasteiger partial charge in [-0.25, -0.2) is 4.79 Å². The number of ketones is 1. The van der Waals surface area contributed by atoms with Gasteiger partial charge in [0.1, 0.15) is 5.70 Å². The summed E-state index contributed by atoms with van der Waals surface area (Å²) in [6.45, 7) is 1.93. The Bertz CT molecular complexity index is 739. The van der Waals surface area contributed by atoms with E-state index in [2.05, 4.69) is 21.2 Å². The Balaban J connectivity index is 2.26. The van der Waals surface area contributed by atoms with Gasteiger partial charge in [0, 0.05) is 21.8 Å². The normalized spacial score (nSPS) is 11.1. The van der Waals surface area contributed by atoms with Crippen LogP contribution in [0.2, 0.25) is 0 Å². The van der Waals surface area contributed by atoms with Gasteiger partial charge in [0.05, 0.1) is 0 Å². The van der Waals surface area contributed by atoms with Crippen LogP contribution in [0.25, 0.3) is 0 Å². The van der Waals surface area contributed by atoms with Crippen LogP contribution in [0.15, 0.2) is 64.8 Å². The number of nitrogens with one attached hydrogen (secondary N) is 1. The molecule has 0 saturated heterocycles. The van der Waals surface area contributed by atoms with Crippen LogP contribution < -0.4 is 5.32 Å². The largest absolute Gasteiger partial charge is 0.477 e. The Morgan fingerprint density at radius 1 is 1.14 bits per heavy atom. The van der Waals surface area contributed by atoms with Gasteiger partial charge in [-0.3, -0.25) is 4.79 Å². The number of carbonyl (C=O) groups is 2. The fraction of sp³-hybridized carbons (Fsp3) is 0.0588. The lowest BCUT2D eigenvalue weighted by Crippen LogP contribution is -2.13. The molecule has 5 heteroatoms. The molecule has 22 heavy (non-hydrogen) atoms. The molecule has 2 aromatic rings. The number of anilines is 1. The Hall–Kier alpha value is -2.40. The number of carbonyl (C=O) groups excluding carboxylic acids is 1. The van der Waals surface area contributed by atoms with E-state index in [-0.39, 0.29) is 11.5 Å². The van der Waals surface area contributed by atoms with Gasteiger partial charge in [-0.05, 0) is 24.6 Å². The van der Waals surface area contributed by atoms with Gasteiger partial charge in [0.15, 0.2) is 5.78 Å². The number of rotatable bonds is 5. The van der Waals surface area contributed by atoms with E-state index in [1.807, 2.05) is 13.0 Å². The van der Waals surface area contributed by atoms with E-state index in [9.17, 15) is 14.7 Å². The number of halogens is 1. The first-order chi connectivity index (χ1) is 10.5. The summed E-state index contributed by atoms with van der Waals surface area (Å²) in [6, 6.07) is 13.9. The number of hydrogen-bond acceptors (Lipinski definition) is 3. The molecular formula is C17H14BrNO3. The topological polar surface area (TPSA) is 66.4 Å². The number of carboxylic acid groups (broad SMARTS) is 1. The van der Waals surface area contributed by atoms with E-state index >= 15 is 0 Å². The predicted molar refractivity (Wildman–Crippen MR) is 89.0 cm³/mol. The molecule has 0 radical (unpaired) electrons. The summed E-state index contributed by atoms with van der Waals surface area (Å²) in [7, 11) is 0. The van der Waals surface area contributed by atoms with Crippen LogP contribution in [0, 0.1) is 6.92 Å². The lowest BCUT2D eigenvalue weighted by atomic mass is 10.1. The Morgan fingerprint density at radius 3 is 2.41 bits per heavy atom. The summed E-state index contributed by atoms with van der Waals surface area (Å²) in [5.74, 6) is -1.56. The molecule has 0 amide bonds. The van der Waals surface area contributed by atoms with Gasteiger partial charge in [0.2, 0.25) is 0 Å². The summed E-state index contributed by atoms with van der Waals surface area (Å²) in [5, 5.41) is 12.0. The summed E-state index contributed by atoms with van der Waals surface area (Å²) in [6.07, 6.45) is 1.09. The highest BCUT2D eigenvalue weighted by molar-refractivity contribution is 9.10.